The monoisotopic (exact) mass is 335 g/mol. The summed E-state index contributed by atoms with van der Waals surface area (Å²) in [5.41, 5.74) is 1.01. The molecule has 1 aromatic heterocycles. The molecular formula is C14H20F3N3OS. The van der Waals surface area contributed by atoms with Gasteiger partial charge in [-0.25, -0.2) is 4.98 Å². The fourth-order valence-electron chi connectivity index (χ4n) is 2.50. The highest BCUT2D eigenvalue weighted by Gasteiger charge is 2.29. The molecule has 0 bridgehead atoms. The summed E-state index contributed by atoms with van der Waals surface area (Å²) in [7, 11) is 0. The molecule has 1 aliphatic heterocycles. The number of nitrogens with one attached hydrogen (secondary N) is 1. The molecule has 1 saturated heterocycles. The summed E-state index contributed by atoms with van der Waals surface area (Å²) >= 11 is 1.64. The van der Waals surface area contributed by atoms with Crippen LogP contribution in [0.1, 0.15) is 34.3 Å². The Balaban J connectivity index is 1.88. The first kappa shape index (κ1) is 17.2. The Bertz CT molecular complexity index is 510. The molecule has 1 fully saturated rings. The Morgan fingerprint density at radius 3 is 2.77 bits per heavy atom. The van der Waals surface area contributed by atoms with E-state index in [1.54, 1.807) is 16.2 Å². The molecule has 0 aromatic carbocycles. The predicted molar refractivity (Wildman–Crippen MR) is 79.1 cm³/mol. The van der Waals surface area contributed by atoms with Crippen LogP contribution in [0, 0.1) is 13.8 Å². The van der Waals surface area contributed by atoms with Gasteiger partial charge in [0.1, 0.15) is 0 Å². The number of hydrogen-bond donors (Lipinski definition) is 1. The molecule has 124 valence electrons. The Labute approximate surface area is 131 Å². The van der Waals surface area contributed by atoms with Gasteiger partial charge in [-0.2, -0.15) is 13.2 Å². The first-order valence-corrected chi connectivity index (χ1v) is 8.07. The quantitative estimate of drug-likeness (QED) is 0.920. The molecule has 0 saturated carbocycles. The number of piperidine rings is 1. The average molecular weight is 335 g/mol. The minimum Gasteiger partial charge on any atom is -0.341 e. The molecule has 1 aromatic rings. The number of alkyl halides is 3. The van der Waals surface area contributed by atoms with Crippen molar-refractivity contribution in [3.05, 3.63) is 15.6 Å². The minimum absolute atomic E-state index is 0.192. The van der Waals surface area contributed by atoms with Gasteiger partial charge in [-0.05, 0) is 26.7 Å². The number of carbonyl (C=O) groups is 1. The molecule has 1 amide bonds. The van der Waals surface area contributed by atoms with Crippen LogP contribution < -0.4 is 5.32 Å². The van der Waals surface area contributed by atoms with Gasteiger partial charge in [-0.15, -0.1) is 11.3 Å². The Kier molecular flexibility index (Phi) is 5.44. The van der Waals surface area contributed by atoms with Crippen molar-refractivity contribution in [3.63, 3.8) is 0 Å². The van der Waals surface area contributed by atoms with Crippen molar-refractivity contribution < 1.29 is 18.0 Å². The molecular weight excluding hydrogens is 315 g/mol. The largest absolute Gasteiger partial charge is 0.401 e. The van der Waals surface area contributed by atoms with Gasteiger partial charge in [0, 0.05) is 23.9 Å². The molecule has 0 spiro atoms. The van der Waals surface area contributed by atoms with Gasteiger partial charge in [0.2, 0.25) is 5.91 Å². The lowest BCUT2D eigenvalue weighted by atomic mass is 9.98. The average Bonchev–Trinajstić information content (AvgIpc) is 2.77. The van der Waals surface area contributed by atoms with E-state index in [-0.39, 0.29) is 18.4 Å². The SMILES string of the molecule is Cc1nc([C@@H]2CCCN(C(=O)CNCC(F)(F)F)C2)sc1C. The fraction of sp³-hybridized carbons (Fsp3) is 0.714. The van der Waals surface area contributed by atoms with Crippen molar-refractivity contribution in [1.82, 2.24) is 15.2 Å². The van der Waals surface area contributed by atoms with Crippen LogP contribution in [0.2, 0.25) is 0 Å². The van der Waals surface area contributed by atoms with Crippen LogP contribution in [0.5, 0.6) is 0 Å². The third kappa shape index (κ3) is 4.67. The van der Waals surface area contributed by atoms with Gasteiger partial charge < -0.3 is 10.2 Å². The van der Waals surface area contributed by atoms with E-state index in [1.807, 2.05) is 13.8 Å². The van der Waals surface area contributed by atoms with E-state index in [1.165, 1.54) is 4.88 Å². The predicted octanol–water partition coefficient (Wildman–Crippen LogP) is 2.62. The van der Waals surface area contributed by atoms with E-state index in [9.17, 15) is 18.0 Å². The molecule has 1 atom stereocenters. The zero-order valence-electron chi connectivity index (χ0n) is 12.7. The molecule has 0 aliphatic carbocycles. The van der Waals surface area contributed by atoms with Crippen LogP contribution in [-0.2, 0) is 4.79 Å². The second-order valence-corrected chi connectivity index (χ2v) is 6.83. The fourth-order valence-corrected chi connectivity index (χ4v) is 3.55. The van der Waals surface area contributed by atoms with Crippen molar-refractivity contribution in [2.45, 2.75) is 38.8 Å². The Hall–Kier alpha value is -1.15. The van der Waals surface area contributed by atoms with Crippen LogP contribution in [0.25, 0.3) is 0 Å². The number of likely N-dealkylation sites (tertiary alicyclic amines) is 1. The first-order valence-electron chi connectivity index (χ1n) is 7.25. The number of rotatable bonds is 4. The number of carbonyl (C=O) groups excluding carboxylic acids is 1. The highest BCUT2D eigenvalue weighted by molar-refractivity contribution is 7.11. The zero-order valence-corrected chi connectivity index (χ0v) is 13.5. The van der Waals surface area contributed by atoms with E-state index in [4.69, 9.17) is 0 Å². The van der Waals surface area contributed by atoms with Crippen molar-refractivity contribution in [1.29, 1.82) is 0 Å². The van der Waals surface area contributed by atoms with Crippen LogP contribution >= 0.6 is 11.3 Å². The highest BCUT2D eigenvalue weighted by atomic mass is 32.1. The summed E-state index contributed by atoms with van der Waals surface area (Å²) in [6, 6.07) is 0. The van der Waals surface area contributed by atoms with Gasteiger partial charge in [0.05, 0.1) is 23.8 Å². The number of hydrogen-bond acceptors (Lipinski definition) is 4. The van der Waals surface area contributed by atoms with Crippen molar-refractivity contribution >= 4 is 17.2 Å². The van der Waals surface area contributed by atoms with Crippen LogP contribution in [0.3, 0.4) is 0 Å². The molecule has 22 heavy (non-hydrogen) atoms. The number of aryl methyl sites for hydroxylation is 2. The van der Waals surface area contributed by atoms with E-state index in [2.05, 4.69) is 10.3 Å². The van der Waals surface area contributed by atoms with E-state index < -0.39 is 12.7 Å². The summed E-state index contributed by atoms with van der Waals surface area (Å²) in [6.07, 6.45) is -2.47. The number of halogens is 3. The summed E-state index contributed by atoms with van der Waals surface area (Å²) in [6.45, 7) is 3.71. The third-order valence-corrected chi connectivity index (χ3v) is 5.01. The molecule has 2 rings (SSSR count). The Morgan fingerprint density at radius 2 is 2.18 bits per heavy atom. The normalized spacial score (nSPS) is 19.5. The van der Waals surface area contributed by atoms with Gasteiger partial charge in [0.15, 0.2) is 0 Å². The molecule has 8 heteroatoms. The van der Waals surface area contributed by atoms with Gasteiger partial charge in [0.25, 0.3) is 0 Å². The number of thiazole rings is 1. The molecule has 0 unspecified atom stereocenters. The maximum absolute atomic E-state index is 12.1. The lowest BCUT2D eigenvalue weighted by Gasteiger charge is -2.32. The molecule has 4 nitrogen and oxygen atoms in total. The minimum atomic E-state index is -4.29. The lowest BCUT2D eigenvalue weighted by Crippen LogP contribution is -2.44. The molecule has 0 radical (unpaired) electrons. The topological polar surface area (TPSA) is 45.2 Å². The lowest BCUT2D eigenvalue weighted by molar-refractivity contribution is -0.135. The first-order chi connectivity index (χ1) is 10.3. The van der Waals surface area contributed by atoms with Crippen molar-refractivity contribution in [2.24, 2.45) is 0 Å². The molecule has 1 N–H and O–H groups in total. The molecule has 2 heterocycles. The maximum atomic E-state index is 12.1. The summed E-state index contributed by atoms with van der Waals surface area (Å²) in [5.74, 6) is -0.0864. The standard InChI is InChI=1S/C14H20F3N3OS/c1-9-10(2)22-13(19-9)11-4-3-5-20(7-11)12(21)6-18-8-14(15,16)17/h11,18H,3-8H2,1-2H3/t11-/m1/s1. The second-order valence-electron chi connectivity index (χ2n) is 5.59. The van der Waals surface area contributed by atoms with Crippen molar-refractivity contribution in [3.8, 4) is 0 Å². The Morgan fingerprint density at radius 1 is 1.45 bits per heavy atom. The van der Waals surface area contributed by atoms with Crippen LogP contribution in [0.15, 0.2) is 0 Å². The number of nitrogens with zero attached hydrogens (tertiary/aromatic N) is 2. The second kappa shape index (κ2) is 6.95. The van der Waals surface area contributed by atoms with Crippen molar-refractivity contribution in [2.75, 3.05) is 26.2 Å². The van der Waals surface area contributed by atoms with E-state index in [0.29, 0.717) is 13.1 Å². The third-order valence-electron chi connectivity index (χ3n) is 3.77. The van der Waals surface area contributed by atoms with Gasteiger partial charge >= 0.3 is 6.18 Å². The van der Waals surface area contributed by atoms with E-state index in [0.717, 1.165) is 23.5 Å². The zero-order chi connectivity index (χ0) is 16.3. The smallest absolute Gasteiger partial charge is 0.341 e. The summed E-state index contributed by atoms with van der Waals surface area (Å²) in [4.78, 5) is 19.4. The van der Waals surface area contributed by atoms with Crippen LogP contribution in [-0.4, -0.2) is 48.1 Å². The highest BCUT2D eigenvalue weighted by Crippen LogP contribution is 2.31. The summed E-state index contributed by atoms with van der Waals surface area (Å²) in [5, 5.41) is 3.18. The van der Waals surface area contributed by atoms with Crippen LogP contribution in [0.4, 0.5) is 13.2 Å². The maximum Gasteiger partial charge on any atom is 0.401 e. The van der Waals surface area contributed by atoms with E-state index >= 15 is 0 Å². The molecule has 1 aliphatic rings. The summed E-state index contributed by atoms with van der Waals surface area (Å²) < 4.78 is 36.2. The van der Waals surface area contributed by atoms with Gasteiger partial charge in [-0.1, -0.05) is 0 Å². The number of aromatic nitrogens is 1. The number of amides is 1. The van der Waals surface area contributed by atoms with Gasteiger partial charge in [-0.3, -0.25) is 4.79 Å².